The number of para-hydroxylation sites is 2. The summed E-state index contributed by atoms with van der Waals surface area (Å²) in [6.45, 7) is 3.21. The Hall–Kier alpha value is -3.15. The number of carbonyl (C=O) groups is 2. The third-order valence-corrected chi connectivity index (χ3v) is 5.35. The first-order chi connectivity index (χ1) is 14.2. The van der Waals surface area contributed by atoms with E-state index >= 15 is 0 Å². The van der Waals surface area contributed by atoms with E-state index in [9.17, 15) is 9.59 Å². The number of aromatic nitrogens is 2. The fraction of sp³-hybridized carbons (Fsp3) is 0.348. The zero-order valence-electron chi connectivity index (χ0n) is 16.6. The van der Waals surface area contributed by atoms with E-state index in [1.807, 2.05) is 36.1 Å². The van der Waals surface area contributed by atoms with Crippen LogP contribution in [0, 0.1) is 0 Å². The van der Waals surface area contributed by atoms with Gasteiger partial charge in [0.15, 0.2) is 5.78 Å². The van der Waals surface area contributed by atoms with Gasteiger partial charge in [0, 0.05) is 24.9 Å². The number of benzene rings is 2. The molecule has 1 aliphatic heterocycles. The zero-order valence-corrected chi connectivity index (χ0v) is 16.6. The predicted molar refractivity (Wildman–Crippen MR) is 111 cm³/mol. The second kappa shape index (κ2) is 8.47. The Kier molecular flexibility index (Phi) is 5.60. The van der Waals surface area contributed by atoms with Gasteiger partial charge in [-0.1, -0.05) is 12.1 Å². The van der Waals surface area contributed by atoms with Crippen LogP contribution >= 0.6 is 0 Å². The number of nitrogens with one attached hydrogen (secondary N) is 1. The summed E-state index contributed by atoms with van der Waals surface area (Å²) in [5.41, 5.74) is 2.50. The highest BCUT2D eigenvalue weighted by Gasteiger charge is 2.32. The summed E-state index contributed by atoms with van der Waals surface area (Å²) in [5.74, 6) is 1.55. The van der Waals surface area contributed by atoms with Crippen molar-refractivity contribution in [1.29, 1.82) is 0 Å². The van der Waals surface area contributed by atoms with E-state index < -0.39 is 0 Å². The molecule has 4 rings (SSSR count). The molecule has 1 atom stereocenters. The summed E-state index contributed by atoms with van der Waals surface area (Å²) in [6.07, 6.45) is 2.25. The summed E-state index contributed by atoms with van der Waals surface area (Å²) in [6, 6.07) is 14.9. The molecule has 1 fully saturated rings. The van der Waals surface area contributed by atoms with E-state index in [4.69, 9.17) is 4.74 Å². The summed E-state index contributed by atoms with van der Waals surface area (Å²) in [5, 5.41) is 0. The first-order valence-corrected chi connectivity index (χ1v) is 10.2. The van der Waals surface area contributed by atoms with Gasteiger partial charge in [-0.3, -0.25) is 9.59 Å². The first kappa shape index (κ1) is 19.2. The molecule has 2 heterocycles. The number of nitrogens with zero attached hydrogens (tertiary/aromatic N) is 2. The third kappa shape index (κ3) is 4.16. The van der Waals surface area contributed by atoms with Crippen molar-refractivity contribution in [1.82, 2.24) is 14.9 Å². The number of carbonyl (C=O) groups excluding carboxylic acids is 2. The van der Waals surface area contributed by atoms with Gasteiger partial charge in [0.25, 0.3) is 0 Å². The van der Waals surface area contributed by atoms with Crippen molar-refractivity contribution >= 4 is 22.7 Å². The van der Waals surface area contributed by atoms with Crippen molar-refractivity contribution < 1.29 is 14.3 Å². The van der Waals surface area contributed by atoms with Gasteiger partial charge in [-0.05, 0) is 56.2 Å². The Labute approximate surface area is 169 Å². The van der Waals surface area contributed by atoms with Gasteiger partial charge in [-0.15, -0.1) is 0 Å². The van der Waals surface area contributed by atoms with Crippen LogP contribution in [0.25, 0.3) is 11.0 Å². The highest BCUT2D eigenvalue weighted by Crippen LogP contribution is 2.32. The molecule has 2 aromatic carbocycles. The van der Waals surface area contributed by atoms with Crippen molar-refractivity contribution in [3.63, 3.8) is 0 Å². The summed E-state index contributed by atoms with van der Waals surface area (Å²) in [4.78, 5) is 35.2. The number of aromatic amines is 1. The molecule has 3 aromatic rings. The first-order valence-electron chi connectivity index (χ1n) is 10.2. The molecule has 0 unspecified atom stereocenters. The molecule has 0 spiro atoms. The number of ketones is 1. The van der Waals surface area contributed by atoms with Gasteiger partial charge >= 0.3 is 0 Å². The van der Waals surface area contributed by atoms with Gasteiger partial charge in [-0.2, -0.15) is 0 Å². The Morgan fingerprint density at radius 3 is 2.69 bits per heavy atom. The molecule has 1 saturated heterocycles. The molecule has 1 aromatic heterocycles. The Balaban J connectivity index is 1.38. The van der Waals surface area contributed by atoms with Crippen LogP contribution in [0.4, 0.5) is 0 Å². The maximum atomic E-state index is 12.8. The molecular formula is C23H25N3O3. The maximum Gasteiger partial charge on any atom is 0.223 e. The third-order valence-electron chi connectivity index (χ3n) is 5.35. The van der Waals surface area contributed by atoms with E-state index in [0.29, 0.717) is 18.7 Å². The standard InChI is InChI=1S/C23H25N3O3/c1-2-29-17-11-9-16(10-12-17)21(27)13-14-22(28)26-15-5-8-20(26)23-24-18-6-3-4-7-19(18)25-23/h3-4,6-7,9-12,20H,2,5,8,13-15H2,1H3,(H,24,25)/t20-/m1/s1. The second-order valence-electron chi connectivity index (χ2n) is 7.26. The van der Waals surface area contributed by atoms with Crippen molar-refractivity contribution in [3.8, 4) is 5.75 Å². The average Bonchev–Trinajstić information content (AvgIpc) is 3.39. The minimum atomic E-state index is -0.0459. The Morgan fingerprint density at radius 1 is 1.14 bits per heavy atom. The van der Waals surface area contributed by atoms with Crippen LogP contribution in [0.15, 0.2) is 48.5 Å². The molecule has 29 heavy (non-hydrogen) atoms. The second-order valence-corrected chi connectivity index (χ2v) is 7.26. The lowest BCUT2D eigenvalue weighted by atomic mass is 10.1. The lowest BCUT2D eigenvalue weighted by molar-refractivity contribution is -0.132. The van der Waals surface area contributed by atoms with Gasteiger partial charge in [0.2, 0.25) is 5.91 Å². The molecule has 1 amide bonds. The number of rotatable bonds is 7. The van der Waals surface area contributed by atoms with Gasteiger partial charge in [0.1, 0.15) is 11.6 Å². The minimum Gasteiger partial charge on any atom is -0.494 e. The molecule has 1 N–H and O–H groups in total. The quantitative estimate of drug-likeness (QED) is 0.610. The van der Waals surface area contributed by atoms with Crippen LogP contribution in [-0.2, 0) is 4.79 Å². The van der Waals surface area contributed by atoms with Crippen LogP contribution in [0.3, 0.4) is 0 Å². The summed E-state index contributed by atoms with van der Waals surface area (Å²) in [7, 11) is 0. The normalized spacial score (nSPS) is 16.3. The highest BCUT2D eigenvalue weighted by molar-refractivity contribution is 5.98. The maximum absolute atomic E-state index is 12.8. The van der Waals surface area contributed by atoms with Crippen molar-refractivity contribution in [2.24, 2.45) is 0 Å². The zero-order chi connectivity index (χ0) is 20.2. The molecule has 6 heteroatoms. The Bertz CT molecular complexity index is 977. The van der Waals surface area contributed by atoms with Crippen LogP contribution in [0.5, 0.6) is 5.75 Å². The molecule has 0 radical (unpaired) electrons. The van der Waals surface area contributed by atoms with Crippen LogP contribution < -0.4 is 4.74 Å². The summed E-state index contributed by atoms with van der Waals surface area (Å²) >= 11 is 0. The average molecular weight is 391 g/mol. The largest absolute Gasteiger partial charge is 0.494 e. The number of Topliss-reactive ketones (excluding diaryl/α,β-unsaturated/α-hetero) is 1. The number of fused-ring (bicyclic) bond motifs is 1. The van der Waals surface area contributed by atoms with Crippen LogP contribution in [0.1, 0.15) is 54.8 Å². The number of amides is 1. The van der Waals surface area contributed by atoms with Crippen LogP contribution in [0.2, 0.25) is 0 Å². The monoisotopic (exact) mass is 391 g/mol. The smallest absolute Gasteiger partial charge is 0.223 e. The molecule has 0 bridgehead atoms. The Morgan fingerprint density at radius 2 is 1.93 bits per heavy atom. The van der Waals surface area contributed by atoms with Crippen molar-refractivity contribution in [3.05, 3.63) is 59.9 Å². The van der Waals surface area contributed by atoms with Gasteiger partial charge in [0.05, 0.1) is 23.7 Å². The fourth-order valence-corrected chi connectivity index (χ4v) is 3.89. The number of hydrogen-bond donors (Lipinski definition) is 1. The lowest BCUT2D eigenvalue weighted by Gasteiger charge is -2.23. The van der Waals surface area contributed by atoms with E-state index in [2.05, 4.69) is 9.97 Å². The van der Waals surface area contributed by atoms with E-state index in [-0.39, 0.29) is 30.6 Å². The topological polar surface area (TPSA) is 75.3 Å². The van der Waals surface area contributed by atoms with Crippen molar-refractivity contribution in [2.75, 3.05) is 13.2 Å². The summed E-state index contributed by atoms with van der Waals surface area (Å²) < 4.78 is 5.40. The fourth-order valence-electron chi connectivity index (χ4n) is 3.89. The van der Waals surface area contributed by atoms with E-state index in [1.165, 1.54) is 0 Å². The van der Waals surface area contributed by atoms with Crippen molar-refractivity contribution in [2.45, 2.75) is 38.6 Å². The lowest BCUT2D eigenvalue weighted by Crippen LogP contribution is -2.31. The minimum absolute atomic E-state index is 0.00671. The van der Waals surface area contributed by atoms with E-state index in [0.717, 1.165) is 35.4 Å². The molecule has 150 valence electrons. The molecule has 1 aliphatic rings. The molecule has 0 aliphatic carbocycles. The SMILES string of the molecule is CCOc1ccc(C(=O)CCC(=O)N2CCC[C@@H]2c2nc3ccccc3[nH]2)cc1. The molecular weight excluding hydrogens is 366 g/mol. The number of imidazole rings is 1. The molecule has 0 saturated carbocycles. The number of hydrogen-bond acceptors (Lipinski definition) is 4. The number of ether oxygens (including phenoxy) is 1. The number of H-pyrrole nitrogens is 1. The molecule has 6 nitrogen and oxygen atoms in total. The van der Waals surface area contributed by atoms with Gasteiger partial charge < -0.3 is 14.6 Å². The highest BCUT2D eigenvalue weighted by atomic mass is 16.5. The number of likely N-dealkylation sites (tertiary alicyclic amines) is 1. The van der Waals surface area contributed by atoms with Gasteiger partial charge in [-0.25, -0.2) is 4.98 Å². The van der Waals surface area contributed by atoms with E-state index in [1.54, 1.807) is 24.3 Å². The predicted octanol–water partition coefficient (Wildman–Crippen LogP) is 4.29. The van der Waals surface area contributed by atoms with Crippen LogP contribution in [-0.4, -0.2) is 39.7 Å².